The van der Waals surface area contributed by atoms with Gasteiger partial charge in [-0.05, 0) is 47.7 Å². The van der Waals surface area contributed by atoms with Gasteiger partial charge in [0.25, 0.3) is 0 Å². The van der Waals surface area contributed by atoms with Crippen LogP contribution in [0.15, 0.2) is 41.9 Å². The van der Waals surface area contributed by atoms with Gasteiger partial charge in [0, 0.05) is 48.5 Å². The van der Waals surface area contributed by atoms with E-state index in [9.17, 15) is 13.2 Å². The van der Waals surface area contributed by atoms with E-state index in [0.29, 0.717) is 10.9 Å². The summed E-state index contributed by atoms with van der Waals surface area (Å²) in [6, 6.07) is 2.11. The quantitative estimate of drug-likeness (QED) is 0.297. The third-order valence-electron chi connectivity index (χ3n) is 6.20. The molecule has 0 unspecified atom stereocenters. The molecule has 0 amide bonds. The number of anilines is 1. The van der Waals surface area contributed by atoms with Gasteiger partial charge in [-0.1, -0.05) is 6.58 Å². The number of aryl methyl sites for hydroxylation is 1. The topological polar surface area (TPSA) is 83.4 Å². The molecule has 35 heavy (non-hydrogen) atoms. The SMILES string of the molecule is C=C(N[C@@H]1CCC[C@H](Nc2nc(-c3c[nH]c4c(F)cc(F)cc34)ncc2F)C1)c1nc(Br)cn1C. The lowest BCUT2D eigenvalue weighted by molar-refractivity contribution is 0.379. The number of halogens is 4. The van der Waals surface area contributed by atoms with Gasteiger partial charge in [-0.3, -0.25) is 0 Å². The summed E-state index contributed by atoms with van der Waals surface area (Å²) in [7, 11) is 1.90. The zero-order valence-electron chi connectivity index (χ0n) is 18.9. The van der Waals surface area contributed by atoms with Crippen molar-refractivity contribution in [1.82, 2.24) is 29.8 Å². The highest BCUT2D eigenvalue weighted by molar-refractivity contribution is 9.10. The van der Waals surface area contributed by atoms with Crippen molar-refractivity contribution in [3.8, 4) is 11.4 Å². The number of aromatic nitrogens is 5. The molecule has 11 heteroatoms. The normalized spacial score (nSPS) is 18.1. The minimum absolute atomic E-state index is 0.0303. The molecule has 3 aromatic heterocycles. The molecule has 1 fully saturated rings. The first-order valence-corrected chi connectivity index (χ1v) is 12.0. The molecule has 2 atom stereocenters. The van der Waals surface area contributed by atoms with Crippen LogP contribution in [0, 0.1) is 17.5 Å². The number of imidazole rings is 1. The van der Waals surface area contributed by atoms with E-state index in [0.717, 1.165) is 54.1 Å². The van der Waals surface area contributed by atoms with Crippen molar-refractivity contribution >= 4 is 38.3 Å². The van der Waals surface area contributed by atoms with Crippen molar-refractivity contribution in [1.29, 1.82) is 0 Å². The van der Waals surface area contributed by atoms with E-state index in [1.165, 1.54) is 12.3 Å². The maximum absolute atomic E-state index is 14.6. The minimum Gasteiger partial charge on any atom is -0.380 e. The third-order valence-corrected chi connectivity index (χ3v) is 6.58. The Morgan fingerprint density at radius 2 is 1.97 bits per heavy atom. The lowest BCUT2D eigenvalue weighted by Gasteiger charge is -2.31. The van der Waals surface area contributed by atoms with E-state index in [2.05, 4.69) is 53.1 Å². The van der Waals surface area contributed by atoms with Crippen LogP contribution >= 0.6 is 15.9 Å². The number of fused-ring (bicyclic) bond motifs is 1. The first kappa shape index (κ1) is 23.4. The number of hydrogen-bond donors (Lipinski definition) is 3. The molecule has 0 spiro atoms. The first-order valence-electron chi connectivity index (χ1n) is 11.2. The Labute approximate surface area is 208 Å². The van der Waals surface area contributed by atoms with Gasteiger partial charge in [-0.2, -0.15) is 0 Å². The van der Waals surface area contributed by atoms with E-state index < -0.39 is 17.5 Å². The lowest BCUT2D eigenvalue weighted by Crippen LogP contribution is -2.38. The zero-order valence-corrected chi connectivity index (χ0v) is 20.5. The van der Waals surface area contributed by atoms with Gasteiger partial charge in [0.1, 0.15) is 16.2 Å². The molecule has 3 N–H and O–H groups in total. The highest BCUT2D eigenvalue weighted by atomic mass is 79.9. The summed E-state index contributed by atoms with van der Waals surface area (Å²) in [5.41, 5.74) is 1.25. The number of aromatic amines is 1. The summed E-state index contributed by atoms with van der Waals surface area (Å²) in [6.45, 7) is 4.12. The van der Waals surface area contributed by atoms with Crippen molar-refractivity contribution in [2.24, 2.45) is 7.05 Å². The Kier molecular flexibility index (Phi) is 6.26. The van der Waals surface area contributed by atoms with Crippen molar-refractivity contribution in [2.45, 2.75) is 37.8 Å². The molecule has 1 saturated carbocycles. The molecule has 0 saturated heterocycles. The van der Waals surface area contributed by atoms with Crippen LogP contribution in [0.2, 0.25) is 0 Å². The maximum Gasteiger partial charge on any atom is 0.183 e. The molecule has 0 bridgehead atoms. The van der Waals surface area contributed by atoms with Crippen LogP contribution in [0.4, 0.5) is 19.0 Å². The van der Waals surface area contributed by atoms with E-state index in [-0.39, 0.29) is 29.2 Å². The first-order chi connectivity index (χ1) is 16.8. The van der Waals surface area contributed by atoms with Gasteiger partial charge in [0.2, 0.25) is 0 Å². The van der Waals surface area contributed by atoms with Crippen LogP contribution in [-0.2, 0) is 7.05 Å². The molecule has 182 valence electrons. The molecule has 1 aromatic carbocycles. The second kappa shape index (κ2) is 9.37. The molecular formula is C24H23BrF3N7. The molecule has 3 heterocycles. The molecule has 4 aromatic rings. The van der Waals surface area contributed by atoms with Gasteiger partial charge in [-0.25, -0.2) is 28.1 Å². The van der Waals surface area contributed by atoms with E-state index >= 15 is 0 Å². The fraction of sp³-hybridized carbons (Fsp3) is 0.292. The second-order valence-corrected chi connectivity index (χ2v) is 9.54. The molecule has 1 aliphatic rings. The summed E-state index contributed by atoms with van der Waals surface area (Å²) in [5, 5.41) is 6.94. The predicted octanol–water partition coefficient (Wildman–Crippen LogP) is 5.52. The lowest BCUT2D eigenvalue weighted by atomic mass is 9.90. The molecule has 5 rings (SSSR count). The average molecular weight is 546 g/mol. The monoisotopic (exact) mass is 545 g/mol. The molecule has 1 aliphatic carbocycles. The number of nitrogens with one attached hydrogen (secondary N) is 3. The predicted molar refractivity (Wildman–Crippen MR) is 132 cm³/mol. The number of benzene rings is 1. The fourth-order valence-corrected chi connectivity index (χ4v) is 5.08. The highest BCUT2D eigenvalue weighted by Crippen LogP contribution is 2.30. The Morgan fingerprint density at radius 1 is 1.17 bits per heavy atom. The molecule has 7 nitrogen and oxygen atoms in total. The van der Waals surface area contributed by atoms with Crippen LogP contribution in [0.5, 0.6) is 0 Å². The summed E-state index contributed by atoms with van der Waals surface area (Å²) in [5.74, 6) is -1.06. The summed E-state index contributed by atoms with van der Waals surface area (Å²) in [6.07, 6.45) is 7.89. The Bertz CT molecular complexity index is 1410. The van der Waals surface area contributed by atoms with Gasteiger partial charge >= 0.3 is 0 Å². The molecule has 0 radical (unpaired) electrons. The number of nitrogens with zero attached hydrogens (tertiary/aromatic N) is 4. The number of hydrogen-bond acceptors (Lipinski definition) is 5. The van der Waals surface area contributed by atoms with Crippen LogP contribution in [-0.4, -0.2) is 36.6 Å². The van der Waals surface area contributed by atoms with Crippen molar-refractivity contribution < 1.29 is 13.2 Å². The Balaban J connectivity index is 1.33. The van der Waals surface area contributed by atoms with Gasteiger partial charge in [-0.15, -0.1) is 0 Å². The van der Waals surface area contributed by atoms with Crippen molar-refractivity contribution in [3.63, 3.8) is 0 Å². The second-order valence-electron chi connectivity index (χ2n) is 8.73. The van der Waals surface area contributed by atoms with Crippen LogP contribution in [0.1, 0.15) is 31.5 Å². The van der Waals surface area contributed by atoms with Crippen molar-refractivity contribution in [3.05, 3.63) is 65.2 Å². The van der Waals surface area contributed by atoms with Gasteiger partial charge in [0.15, 0.2) is 23.3 Å². The van der Waals surface area contributed by atoms with Crippen molar-refractivity contribution in [2.75, 3.05) is 5.32 Å². The highest BCUT2D eigenvalue weighted by Gasteiger charge is 2.25. The average Bonchev–Trinajstić information content (AvgIpc) is 3.38. The maximum atomic E-state index is 14.6. The zero-order chi connectivity index (χ0) is 24.7. The number of rotatable bonds is 6. The van der Waals surface area contributed by atoms with Crippen LogP contribution in [0.25, 0.3) is 28.0 Å². The summed E-state index contributed by atoms with van der Waals surface area (Å²) >= 11 is 3.37. The Hall–Kier alpha value is -3.34. The van der Waals surface area contributed by atoms with Crippen LogP contribution in [0.3, 0.4) is 0 Å². The Morgan fingerprint density at radius 3 is 2.74 bits per heavy atom. The van der Waals surface area contributed by atoms with Gasteiger partial charge < -0.3 is 20.2 Å². The van der Waals surface area contributed by atoms with Gasteiger partial charge in [0.05, 0.1) is 17.4 Å². The smallest absolute Gasteiger partial charge is 0.183 e. The van der Waals surface area contributed by atoms with Crippen LogP contribution < -0.4 is 10.6 Å². The fourth-order valence-electron chi connectivity index (χ4n) is 4.60. The van der Waals surface area contributed by atoms with E-state index in [1.807, 2.05) is 17.8 Å². The largest absolute Gasteiger partial charge is 0.380 e. The van der Waals surface area contributed by atoms with E-state index in [1.54, 1.807) is 0 Å². The minimum atomic E-state index is -0.716. The third kappa shape index (κ3) is 4.77. The standard InChI is InChI=1S/C24H23BrF3N7/c1-12(24-33-20(25)11-35(24)2)31-14-4-3-5-15(8-14)32-23-19(28)10-30-22(34-23)17-9-29-21-16(17)6-13(26)7-18(21)27/h6-7,9-11,14-15,29,31H,1,3-5,8H2,2H3,(H,30,32,34)/t14-,15+/m1/s1. The number of H-pyrrole nitrogens is 1. The summed E-state index contributed by atoms with van der Waals surface area (Å²) < 4.78 is 45.1. The molecule has 0 aliphatic heterocycles. The molecular weight excluding hydrogens is 523 g/mol. The summed E-state index contributed by atoms with van der Waals surface area (Å²) in [4.78, 5) is 15.6. The van der Waals surface area contributed by atoms with E-state index in [4.69, 9.17) is 0 Å².